The summed E-state index contributed by atoms with van der Waals surface area (Å²) >= 11 is 0. The molecule has 3 aromatic rings. The number of hydrogen-bond donors (Lipinski definition) is 1. The van der Waals surface area contributed by atoms with Crippen LogP contribution in [0.1, 0.15) is 66.7 Å². The zero-order valence-electron chi connectivity index (χ0n) is 14.4. The van der Waals surface area contributed by atoms with Crippen molar-refractivity contribution in [2.45, 2.75) is 51.6 Å². The molecule has 8 heteroatoms. The van der Waals surface area contributed by atoms with Crippen molar-refractivity contribution >= 4 is 11.7 Å². The van der Waals surface area contributed by atoms with Crippen molar-refractivity contribution in [3.63, 3.8) is 0 Å². The molecule has 1 fully saturated rings. The Labute approximate surface area is 145 Å². The molecule has 0 spiro atoms. The lowest BCUT2D eigenvalue weighted by molar-refractivity contribution is 0.0930. The topological polar surface area (TPSA) is 90.0 Å². The molecule has 3 aromatic heterocycles. The molecule has 1 aliphatic rings. The number of aromatic nitrogens is 6. The average Bonchev–Trinajstić information content (AvgIpc) is 3.32. The number of hydrogen-bond acceptors (Lipinski definition) is 5. The zero-order chi connectivity index (χ0) is 17.4. The molecular weight excluding hydrogens is 318 g/mol. The van der Waals surface area contributed by atoms with Crippen molar-refractivity contribution in [3.8, 4) is 0 Å². The molecule has 8 nitrogen and oxygen atoms in total. The molecule has 0 aromatic carbocycles. The third-order valence-corrected chi connectivity index (χ3v) is 4.85. The van der Waals surface area contributed by atoms with Crippen LogP contribution in [0.15, 0.2) is 24.8 Å². The monoisotopic (exact) mass is 339 g/mol. The second-order valence-corrected chi connectivity index (χ2v) is 6.57. The molecule has 1 aliphatic carbocycles. The predicted molar refractivity (Wildman–Crippen MR) is 91.1 cm³/mol. The van der Waals surface area contributed by atoms with E-state index in [-0.39, 0.29) is 11.9 Å². The molecule has 130 valence electrons. The van der Waals surface area contributed by atoms with Crippen LogP contribution in [0.25, 0.3) is 5.78 Å². The summed E-state index contributed by atoms with van der Waals surface area (Å²) in [5.74, 6) is 1.13. The van der Waals surface area contributed by atoms with E-state index in [1.54, 1.807) is 29.2 Å². The lowest BCUT2D eigenvalue weighted by Crippen LogP contribution is -2.30. The van der Waals surface area contributed by atoms with Crippen molar-refractivity contribution < 1.29 is 4.79 Å². The second-order valence-electron chi connectivity index (χ2n) is 6.57. The highest BCUT2D eigenvalue weighted by molar-refractivity contribution is 5.94. The van der Waals surface area contributed by atoms with Gasteiger partial charge in [-0.15, -0.1) is 10.2 Å². The Kier molecular flexibility index (Phi) is 3.95. The van der Waals surface area contributed by atoms with Crippen LogP contribution in [0.5, 0.6) is 0 Å². The van der Waals surface area contributed by atoms with Gasteiger partial charge in [-0.1, -0.05) is 12.8 Å². The molecule has 4 rings (SSSR count). The van der Waals surface area contributed by atoms with Gasteiger partial charge in [0.2, 0.25) is 5.78 Å². The van der Waals surface area contributed by atoms with Crippen LogP contribution in [-0.4, -0.2) is 35.0 Å². The standard InChI is InChI=1S/C17H21N7O/c1-11-14(23-9-5-8-18-17(23)21-11)16(25)20-12(2)15-22-19-10-24(15)13-6-3-4-7-13/h5,8-10,12-13H,3-4,6-7H2,1-2H3,(H,20,25)/t12-/m1/s1. The Hall–Kier alpha value is -2.77. The number of nitrogens with zero attached hydrogens (tertiary/aromatic N) is 6. The molecule has 0 radical (unpaired) electrons. The van der Waals surface area contributed by atoms with Gasteiger partial charge in [0, 0.05) is 18.4 Å². The number of rotatable bonds is 4. The molecule has 1 N–H and O–H groups in total. The van der Waals surface area contributed by atoms with E-state index in [2.05, 4.69) is 30.0 Å². The van der Waals surface area contributed by atoms with Gasteiger partial charge in [-0.05, 0) is 32.8 Å². The summed E-state index contributed by atoms with van der Waals surface area (Å²) in [7, 11) is 0. The number of carbonyl (C=O) groups is 1. The largest absolute Gasteiger partial charge is 0.341 e. The molecule has 0 unspecified atom stereocenters. The minimum absolute atomic E-state index is 0.188. The van der Waals surface area contributed by atoms with Gasteiger partial charge in [-0.25, -0.2) is 9.97 Å². The van der Waals surface area contributed by atoms with Crippen LogP contribution >= 0.6 is 0 Å². The Balaban J connectivity index is 1.58. The molecule has 1 saturated carbocycles. The third-order valence-electron chi connectivity index (χ3n) is 4.85. The van der Waals surface area contributed by atoms with Crippen molar-refractivity contribution in [2.24, 2.45) is 0 Å². The zero-order valence-corrected chi connectivity index (χ0v) is 14.4. The van der Waals surface area contributed by atoms with Crippen LogP contribution in [0.4, 0.5) is 0 Å². The van der Waals surface area contributed by atoms with Gasteiger partial charge < -0.3 is 9.88 Å². The molecule has 0 aliphatic heterocycles. The van der Waals surface area contributed by atoms with Gasteiger partial charge in [0.15, 0.2) is 5.82 Å². The van der Waals surface area contributed by atoms with Crippen LogP contribution in [0.2, 0.25) is 0 Å². The molecule has 3 heterocycles. The van der Waals surface area contributed by atoms with Crippen molar-refractivity contribution in [2.75, 3.05) is 0 Å². The second kappa shape index (κ2) is 6.27. The van der Waals surface area contributed by atoms with Gasteiger partial charge in [0.1, 0.15) is 12.0 Å². The predicted octanol–water partition coefficient (Wildman–Crippen LogP) is 2.24. The normalized spacial score (nSPS) is 16.4. The first kappa shape index (κ1) is 15.7. The van der Waals surface area contributed by atoms with Crippen LogP contribution in [0.3, 0.4) is 0 Å². The average molecular weight is 339 g/mol. The minimum atomic E-state index is -0.239. The third kappa shape index (κ3) is 2.77. The molecule has 0 saturated heterocycles. The van der Waals surface area contributed by atoms with E-state index in [1.807, 2.05) is 13.8 Å². The Morgan fingerprint density at radius 3 is 2.96 bits per heavy atom. The summed E-state index contributed by atoms with van der Waals surface area (Å²) < 4.78 is 3.82. The van der Waals surface area contributed by atoms with Crippen molar-refractivity contribution in [1.29, 1.82) is 0 Å². The first-order valence-electron chi connectivity index (χ1n) is 8.65. The summed E-state index contributed by atoms with van der Waals surface area (Å²) in [4.78, 5) is 21.4. The van der Waals surface area contributed by atoms with Crippen LogP contribution in [-0.2, 0) is 0 Å². The molecule has 0 bridgehead atoms. The van der Waals surface area contributed by atoms with Crippen LogP contribution < -0.4 is 5.32 Å². The molecule has 25 heavy (non-hydrogen) atoms. The first-order chi connectivity index (χ1) is 12.1. The number of carbonyl (C=O) groups excluding carboxylic acids is 1. The van der Waals surface area contributed by atoms with E-state index in [4.69, 9.17) is 0 Å². The first-order valence-corrected chi connectivity index (χ1v) is 8.65. The van der Waals surface area contributed by atoms with Crippen LogP contribution in [0, 0.1) is 6.92 Å². The van der Waals surface area contributed by atoms with E-state index in [0.717, 1.165) is 18.7 Å². The maximum Gasteiger partial charge on any atom is 0.270 e. The number of amides is 1. The molecular formula is C17H21N7O. The van der Waals surface area contributed by atoms with Crippen molar-refractivity contribution in [3.05, 3.63) is 42.0 Å². The highest BCUT2D eigenvalue weighted by Gasteiger charge is 2.25. The maximum atomic E-state index is 12.8. The number of imidazole rings is 1. The summed E-state index contributed by atoms with van der Waals surface area (Å²) in [5.41, 5.74) is 1.16. The summed E-state index contributed by atoms with van der Waals surface area (Å²) in [6.07, 6.45) is 9.98. The smallest absolute Gasteiger partial charge is 0.270 e. The summed E-state index contributed by atoms with van der Waals surface area (Å²) in [6, 6.07) is 1.98. The van der Waals surface area contributed by atoms with E-state index < -0.39 is 0 Å². The van der Waals surface area contributed by atoms with E-state index in [0.29, 0.717) is 23.2 Å². The highest BCUT2D eigenvalue weighted by Crippen LogP contribution is 2.31. The van der Waals surface area contributed by atoms with Gasteiger partial charge in [-0.3, -0.25) is 9.20 Å². The number of nitrogens with one attached hydrogen (secondary N) is 1. The van der Waals surface area contributed by atoms with Gasteiger partial charge in [-0.2, -0.15) is 0 Å². The van der Waals surface area contributed by atoms with E-state index in [9.17, 15) is 4.79 Å². The molecule has 1 atom stereocenters. The fourth-order valence-corrected chi connectivity index (χ4v) is 3.63. The van der Waals surface area contributed by atoms with Gasteiger partial charge in [0.05, 0.1) is 11.7 Å². The van der Waals surface area contributed by atoms with Gasteiger partial charge in [0.25, 0.3) is 5.91 Å². The maximum absolute atomic E-state index is 12.8. The Bertz CT molecular complexity index is 907. The minimum Gasteiger partial charge on any atom is -0.341 e. The lowest BCUT2D eigenvalue weighted by Gasteiger charge is -2.18. The molecule has 1 amide bonds. The fourth-order valence-electron chi connectivity index (χ4n) is 3.63. The SMILES string of the molecule is Cc1nc2ncccn2c1C(=O)N[C@H](C)c1nncn1C1CCCC1. The van der Waals surface area contributed by atoms with E-state index >= 15 is 0 Å². The lowest BCUT2D eigenvalue weighted by atomic mass is 10.2. The van der Waals surface area contributed by atoms with Gasteiger partial charge >= 0.3 is 0 Å². The van der Waals surface area contributed by atoms with Crippen molar-refractivity contribution in [1.82, 2.24) is 34.4 Å². The summed E-state index contributed by atoms with van der Waals surface area (Å²) in [5, 5.41) is 11.3. The Morgan fingerprint density at radius 1 is 1.36 bits per heavy atom. The Morgan fingerprint density at radius 2 is 2.16 bits per heavy atom. The fraction of sp³-hybridized carbons (Fsp3) is 0.471. The highest BCUT2D eigenvalue weighted by atomic mass is 16.2. The quantitative estimate of drug-likeness (QED) is 0.787. The summed E-state index contributed by atoms with van der Waals surface area (Å²) in [6.45, 7) is 3.75. The van der Waals surface area contributed by atoms with E-state index in [1.165, 1.54) is 12.8 Å². The number of aryl methyl sites for hydroxylation is 1. The number of fused-ring (bicyclic) bond motifs is 1.